The Bertz CT molecular complexity index is 1240. The van der Waals surface area contributed by atoms with E-state index in [9.17, 15) is 4.79 Å². The third-order valence-corrected chi connectivity index (χ3v) is 6.32. The maximum atomic E-state index is 12.2. The van der Waals surface area contributed by atoms with Gasteiger partial charge in [0.25, 0.3) is 5.91 Å². The van der Waals surface area contributed by atoms with Crippen LogP contribution in [-0.4, -0.2) is 55.7 Å². The lowest BCUT2D eigenvalue weighted by molar-refractivity contribution is -0.0575. The molecular weight excluding hydrogens is 460 g/mol. The van der Waals surface area contributed by atoms with Gasteiger partial charge in [-0.2, -0.15) is 0 Å². The molecule has 0 saturated carbocycles. The quantitative estimate of drug-likeness (QED) is 0.284. The van der Waals surface area contributed by atoms with Gasteiger partial charge in [-0.15, -0.1) is 0 Å². The van der Waals surface area contributed by atoms with Crippen molar-refractivity contribution in [3.8, 4) is 5.75 Å². The van der Waals surface area contributed by atoms with Crippen molar-refractivity contribution in [3.05, 3.63) is 58.6 Å². The SMILES string of the molecule is CNC(=O)c1c(C)oc2cc(O/C(=C/C=N)c3[nH]cc(COCN4CCCCCOC4)c3C)ccc12.[HH]. The zero-order chi connectivity index (χ0) is 25.5. The Hall–Kier alpha value is -3.40. The van der Waals surface area contributed by atoms with E-state index in [2.05, 4.69) is 15.2 Å². The minimum atomic E-state index is -0.195. The number of nitrogens with one attached hydrogen (secondary N) is 3. The van der Waals surface area contributed by atoms with Crippen LogP contribution < -0.4 is 10.1 Å². The van der Waals surface area contributed by atoms with Crippen molar-refractivity contribution in [2.75, 3.05) is 33.7 Å². The summed E-state index contributed by atoms with van der Waals surface area (Å²) in [7, 11) is 1.59. The molecule has 3 aromatic rings. The van der Waals surface area contributed by atoms with Crippen LogP contribution in [-0.2, 0) is 16.1 Å². The number of hydrogen-bond acceptors (Lipinski definition) is 7. The van der Waals surface area contributed by atoms with Crippen molar-refractivity contribution in [2.45, 2.75) is 39.7 Å². The van der Waals surface area contributed by atoms with Gasteiger partial charge < -0.3 is 34.3 Å². The molecule has 0 atom stereocenters. The van der Waals surface area contributed by atoms with E-state index in [1.165, 1.54) is 12.6 Å². The fourth-order valence-electron chi connectivity index (χ4n) is 4.34. The molecule has 0 bridgehead atoms. The number of amides is 1. The van der Waals surface area contributed by atoms with Gasteiger partial charge >= 0.3 is 0 Å². The average Bonchev–Trinajstić information content (AvgIpc) is 3.37. The van der Waals surface area contributed by atoms with E-state index in [4.69, 9.17) is 24.0 Å². The van der Waals surface area contributed by atoms with Crippen LogP contribution in [0.25, 0.3) is 16.7 Å². The van der Waals surface area contributed by atoms with Crippen molar-refractivity contribution >= 4 is 28.9 Å². The highest BCUT2D eigenvalue weighted by Crippen LogP contribution is 2.31. The first-order valence-corrected chi connectivity index (χ1v) is 12.2. The van der Waals surface area contributed by atoms with Crippen LogP contribution in [0.5, 0.6) is 5.75 Å². The number of fused-ring (bicyclic) bond motifs is 1. The molecule has 1 fully saturated rings. The Kier molecular flexibility index (Phi) is 8.58. The molecule has 0 unspecified atom stereocenters. The molecule has 0 radical (unpaired) electrons. The number of rotatable bonds is 9. The van der Waals surface area contributed by atoms with E-state index >= 15 is 0 Å². The minimum absolute atomic E-state index is 0. The van der Waals surface area contributed by atoms with Crippen molar-refractivity contribution in [3.63, 3.8) is 0 Å². The molecule has 0 aliphatic carbocycles. The van der Waals surface area contributed by atoms with Gasteiger partial charge in [-0.1, -0.05) is 0 Å². The van der Waals surface area contributed by atoms with Crippen LogP contribution in [0, 0.1) is 19.3 Å². The molecule has 1 amide bonds. The van der Waals surface area contributed by atoms with Crippen LogP contribution in [0.1, 0.15) is 53.6 Å². The summed E-state index contributed by atoms with van der Waals surface area (Å²) in [6.07, 6.45) is 8.15. The Morgan fingerprint density at radius 1 is 1.31 bits per heavy atom. The highest BCUT2D eigenvalue weighted by atomic mass is 16.5. The molecule has 9 heteroatoms. The number of carbonyl (C=O) groups excluding carboxylic acids is 1. The second-order valence-corrected chi connectivity index (χ2v) is 8.85. The molecule has 1 saturated heterocycles. The van der Waals surface area contributed by atoms with Crippen molar-refractivity contribution < 1.29 is 24.8 Å². The molecule has 4 rings (SSSR count). The number of aryl methyl sites for hydroxylation is 1. The summed E-state index contributed by atoms with van der Waals surface area (Å²) in [6, 6.07) is 5.35. The van der Waals surface area contributed by atoms with Crippen molar-refractivity contribution in [1.82, 2.24) is 15.2 Å². The lowest BCUT2D eigenvalue weighted by Crippen LogP contribution is -2.31. The first-order chi connectivity index (χ1) is 17.5. The first kappa shape index (κ1) is 25.7. The summed E-state index contributed by atoms with van der Waals surface area (Å²) in [4.78, 5) is 17.7. The number of aromatic nitrogens is 1. The summed E-state index contributed by atoms with van der Waals surface area (Å²) < 4.78 is 23.6. The molecule has 194 valence electrons. The number of carbonyl (C=O) groups is 1. The number of hydrogen-bond donors (Lipinski definition) is 3. The van der Waals surface area contributed by atoms with Crippen LogP contribution in [0.2, 0.25) is 0 Å². The predicted molar refractivity (Wildman–Crippen MR) is 140 cm³/mol. The molecule has 1 aromatic carbocycles. The van der Waals surface area contributed by atoms with E-state index < -0.39 is 0 Å². The van der Waals surface area contributed by atoms with E-state index in [0.29, 0.717) is 48.5 Å². The lowest BCUT2D eigenvalue weighted by Gasteiger charge is -2.24. The van der Waals surface area contributed by atoms with Gasteiger partial charge in [-0.3, -0.25) is 9.69 Å². The van der Waals surface area contributed by atoms with Crippen molar-refractivity contribution in [1.29, 1.82) is 5.41 Å². The van der Waals surface area contributed by atoms with Gasteiger partial charge in [-0.05, 0) is 56.4 Å². The zero-order valence-electron chi connectivity index (χ0n) is 21.1. The standard InChI is InChI=1S/C27H34N4O5.H2/c1-18-20(15-34-17-31-11-5-4-6-12-33-16-31)14-30-26(18)23(9-10-28)36-21-7-8-22-24(13-21)35-19(2)25(22)27(32)29-3;/h7-10,13-14,28,30H,4-6,11-12,15-17H2,1-3H3,(H,29,32);1H/b23-9+,28-10?;. The molecule has 3 N–H and O–H groups in total. The Balaban J connectivity index is 0.00000380. The molecule has 3 heterocycles. The Labute approximate surface area is 212 Å². The second-order valence-electron chi connectivity index (χ2n) is 8.85. The van der Waals surface area contributed by atoms with E-state index in [-0.39, 0.29) is 7.33 Å². The van der Waals surface area contributed by atoms with E-state index in [1.807, 2.05) is 19.2 Å². The lowest BCUT2D eigenvalue weighted by atomic mass is 10.1. The number of aromatic amines is 1. The van der Waals surface area contributed by atoms with Gasteiger partial charge in [0.15, 0.2) is 5.76 Å². The third kappa shape index (κ3) is 5.87. The average molecular weight is 497 g/mol. The van der Waals surface area contributed by atoms with Crippen LogP contribution in [0.4, 0.5) is 0 Å². The van der Waals surface area contributed by atoms with Gasteiger partial charge in [0.2, 0.25) is 0 Å². The predicted octanol–water partition coefficient (Wildman–Crippen LogP) is 4.99. The summed E-state index contributed by atoms with van der Waals surface area (Å²) >= 11 is 0. The topological polar surface area (TPSA) is 113 Å². The van der Waals surface area contributed by atoms with Crippen LogP contribution >= 0.6 is 0 Å². The number of H-pyrrole nitrogens is 1. The molecule has 0 spiro atoms. The smallest absolute Gasteiger partial charge is 0.255 e. The van der Waals surface area contributed by atoms with E-state index in [0.717, 1.165) is 48.2 Å². The fourth-order valence-corrected chi connectivity index (χ4v) is 4.34. The maximum absolute atomic E-state index is 12.2. The summed E-state index contributed by atoms with van der Waals surface area (Å²) in [5.74, 6) is 1.39. The van der Waals surface area contributed by atoms with E-state index in [1.54, 1.807) is 32.2 Å². The summed E-state index contributed by atoms with van der Waals surface area (Å²) in [5, 5.41) is 11.0. The largest absolute Gasteiger partial charge is 0.460 e. The monoisotopic (exact) mass is 496 g/mol. The summed E-state index contributed by atoms with van der Waals surface area (Å²) in [5.41, 5.74) is 3.85. The number of benzene rings is 1. The normalized spacial score (nSPS) is 15.5. The molecule has 36 heavy (non-hydrogen) atoms. The molecule has 2 aromatic heterocycles. The van der Waals surface area contributed by atoms with Crippen LogP contribution in [0.3, 0.4) is 0 Å². The van der Waals surface area contributed by atoms with Gasteiger partial charge in [0, 0.05) is 51.6 Å². The zero-order valence-corrected chi connectivity index (χ0v) is 21.1. The molecule has 1 aliphatic rings. The first-order valence-electron chi connectivity index (χ1n) is 12.2. The van der Waals surface area contributed by atoms with Gasteiger partial charge in [0.05, 0.1) is 17.9 Å². The minimum Gasteiger partial charge on any atom is -0.460 e. The highest BCUT2D eigenvalue weighted by Gasteiger charge is 2.19. The van der Waals surface area contributed by atoms with Gasteiger partial charge in [-0.25, -0.2) is 0 Å². The highest BCUT2D eigenvalue weighted by molar-refractivity contribution is 6.07. The summed E-state index contributed by atoms with van der Waals surface area (Å²) in [6.45, 7) is 7.11. The molecule has 9 nitrogen and oxygen atoms in total. The van der Waals surface area contributed by atoms with Gasteiger partial charge in [0.1, 0.15) is 30.6 Å². The number of furan rings is 1. The Morgan fingerprint density at radius 3 is 2.97 bits per heavy atom. The second kappa shape index (κ2) is 12.0. The number of ether oxygens (including phenoxy) is 3. The maximum Gasteiger partial charge on any atom is 0.255 e. The molecular formula is C27H36N4O5. The molecule has 1 aliphatic heterocycles. The third-order valence-electron chi connectivity index (χ3n) is 6.32. The number of allylic oxidation sites excluding steroid dienone is 1. The number of nitrogens with zero attached hydrogens (tertiary/aromatic N) is 1. The van der Waals surface area contributed by atoms with Crippen LogP contribution in [0.15, 0.2) is 34.9 Å². The van der Waals surface area contributed by atoms with Crippen molar-refractivity contribution in [2.24, 2.45) is 0 Å². The Morgan fingerprint density at radius 2 is 2.17 bits per heavy atom. The fraction of sp³-hybridized carbons (Fsp3) is 0.407.